The van der Waals surface area contributed by atoms with E-state index in [9.17, 15) is 0 Å². The van der Waals surface area contributed by atoms with E-state index in [1.807, 2.05) is 0 Å². The second-order valence-electron chi connectivity index (χ2n) is 4.41. The lowest BCUT2D eigenvalue weighted by molar-refractivity contribution is 0.0450. The van der Waals surface area contributed by atoms with Crippen LogP contribution in [0.4, 0.5) is 0 Å². The fraction of sp³-hybridized carbons (Fsp3) is 1.00. The van der Waals surface area contributed by atoms with Gasteiger partial charge in [0.1, 0.15) is 0 Å². The molecule has 1 aliphatic carbocycles. The molecule has 0 aromatic heterocycles. The summed E-state index contributed by atoms with van der Waals surface area (Å²) in [5.41, 5.74) is 6.21. The van der Waals surface area contributed by atoms with Gasteiger partial charge in [-0.3, -0.25) is 4.90 Å². The number of rotatable bonds is 6. The SMILES string of the molecule is CCCCCN(C)C1(CN)CCC1. The molecule has 1 saturated carbocycles. The molecule has 0 aliphatic heterocycles. The van der Waals surface area contributed by atoms with Crippen LogP contribution >= 0.6 is 0 Å². The molecule has 0 radical (unpaired) electrons. The normalized spacial score (nSPS) is 20.3. The van der Waals surface area contributed by atoms with E-state index in [4.69, 9.17) is 5.73 Å². The van der Waals surface area contributed by atoms with Crippen LogP contribution in [0, 0.1) is 0 Å². The zero-order chi connectivity index (χ0) is 9.73. The Hall–Kier alpha value is -0.0800. The Bertz CT molecular complexity index is 136. The van der Waals surface area contributed by atoms with Gasteiger partial charge in [-0.2, -0.15) is 0 Å². The molecule has 0 spiro atoms. The highest BCUT2D eigenvalue weighted by Gasteiger charge is 2.38. The Morgan fingerprint density at radius 2 is 2.00 bits per heavy atom. The van der Waals surface area contributed by atoms with Crippen molar-refractivity contribution >= 4 is 0 Å². The van der Waals surface area contributed by atoms with Gasteiger partial charge >= 0.3 is 0 Å². The largest absolute Gasteiger partial charge is 0.329 e. The molecule has 0 aromatic carbocycles. The predicted molar refractivity (Wildman–Crippen MR) is 57.8 cm³/mol. The van der Waals surface area contributed by atoms with Crippen LogP contribution in [0.25, 0.3) is 0 Å². The first-order valence-electron chi connectivity index (χ1n) is 5.66. The van der Waals surface area contributed by atoms with Crippen molar-refractivity contribution in [1.29, 1.82) is 0 Å². The summed E-state index contributed by atoms with van der Waals surface area (Å²) in [5.74, 6) is 0. The summed E-state index contributed by atoms with van der Waals surface area (Å²) in [6, 6.07) is 0. The van der Waals surface area contributed by atoms with E-state index < -0.39 is 0 Å². The summed E-state index contributed by atoms with van der Waals surface area (Å²) in [5, 5.41) is 0. The van der Waals surface area contributed by atoms with Gasteiger partial charge in [-0.25, -0.2) is 0 Å². The third-order valence-electron chi connectivity index (χ3n) is 3.57. The molecule has 2 nitrogen and oxygen atoms in total. The highest BCUT2D eigenvalue weighted by Crippen LogP contribution is 2.35. The van der Waals surface area contributed by atoms with Crippen LogP contribution in [0.5, 0.6) is 0 Å². The average molecular weight is 184 g/mol. The lowest BCUT2D eigenvalue weighted by atomic mass is 9.75. The molecule has 0 aromatic rings. The second-order valence-corrected chi connectivity index (χ2v) is 4.41. The summed E-state index contributed by atoms with van der Waals surface area (Å²) in [6.07, 6.45) is 7.98. The van der Waals surface area contributed by atoms with E-state index in [0.29, 0.717) is 5.54 Å². The number of likely N-dealkylation sites (N-methyl/N-ethyl adjacent to an activating group) is 1. The molecule has 0 unspecified atom stereocenters. The van der Waals surface area contributed by atoms with E-state index in [-0.39, 0.29) is 0 Å². The Morgan fingerprint density at radius 3 is 2.38 bits per heavy atom. The van der Waals surface area contributed by atoms with Crippen LogP contribution in [-0.2, 0) is 0 Å². The van der Waals surface area contributed by atoms with E-state index in [2.05, 4.69) is 18.9 Å². The third-order valence-corrected chi connectivity index (χ3v) is 3.57. The Morgan fingerprint density at radius 1 is 1.31 bits per heavy atom. The van der Waals surface area contributed by atoms with Gasteiger partial charge in [-0.15, -0.1) is 0 Å². The monoisotopic (exact) mass is 184 g/mol. The third kappa shape index (κ3) is 2.44. The fourth-order valence-electron chi connectivity index (χ4n) is 2.16. The van der Waals surface area contributed by atoms with Gasteiger partial charge in [0.05, 0.1) is 0 Å². The summed E-state index contributed by atoms with van der Waals surface area (Å²) in [7, 11) is 2.24. The zero-order valence-electron chi connectivity index (χ0n) is 9.18. The summed E-state index contributed by atoms with van der Waals surface area (Å²) >= 11 is 0. The van der Waals surface area contributed by atoms with Gasteiger partial charge in [0, 0.05) is 12.1 Å². The molecule has 1 aliphatic rings. The van der Waals surface area contributed by atoms with E-state index in [1.54, 1.807) is 0 Å². The van der Waals surface area contributed by atoms with Gasteiger partial charge in [0.2, 0.25) is 0 Å². The van der Waals surface area contributed by atoms with Gasteiger partial charge in [0.15, 0.2) is 0 Å². The van der Waals surface area contributed by atoms with Crippen LogP contribution in [0.15, 0.2) is 0 Å². The molecule has 0 heterocycles. The minimum atomic E-state index is 0.383. The fourth-order valence-corrected chi connectivity index (χ4v) is 2.16. The molecule has 78 valence electrons. The van der Waals surface area contributed by atoms with Crippen molar-refractivity contribution in [2.45, 2.75) is 51.0 Å². The van der Waals surface area contributed by atoms with Crippen molar-refractivity contribution in [2.75, 3.05) is 20.1 Å². The summed E-state index contributed by atoms with van der Waals surface area (Å²) < 4.78 is 0. The van der Waals surface area contributed by atoms with Gasteiger partial charge in [-0.1, -0.05) is 19.8 Å². The maximum absolute atomic E-state index is 5.83. The molecule has 0 bridgehead atoms. The maximum Gasteiger partial charge on any atom is 0.0328 e. The number of nitrogens with zero attached hydrogens (tertiary/aromatic N) is 1. The lowest BCUT2D eigenvalue weighted by Gasteiger charge is -2.48. The quantitative estimate of drug-likeness (QED) is 0.640. The van der Waals surface area contributed by atoms with E-state index in [1.165, 1.54) is 45.1 Å². The van der Waals surface area contributed by atoms with Gasteiger partial charge in [0.25, 0.3) is 0 Å². The molecule has 2 heteroatoms. The van der Waals surface area contributed by atoms with Crippen LogP contribution in [0.1, 0.15) is 45.4 Å². The Labute approximate surface area is 82.5 Å². The molecule has 0 atom stereocenters. The molecule has 1 fully saturated rings. The number of hydrogen-bond donors (Lipinski definition) is 1. The molecular weight excluding hydrogens is 160 g/mol. The number of nitrogens with two attached hydrogens (primary N) is 1. The molecule has 0 saturated heterocycles. The molecule has 0 amide bonds. The van der Waals surface area contributed by atoms with Crippen LogP contribution < -0.4 is 5.73 Å². The minimum Gasteiger partial charge on any atom is -0.329 e. The smallest absolute Gasteiger partial charge is 0.0328 e. The Balaban J connectivity index is 2.24. The standard InChI is InChI=1S/C11H24N2/c1-3-4-5-9-13(2)11(10-12)7-6-8-11/h3-10,12H2,1-2H3. The van der Waals surface area contributed by atoms with Crippen LogP contribution in [0.2, 0.25) is 0 Å². The van der Waals surface area contributed by atoms with Crippen LogP contribution in [-0.4, -0.2) is 30.6 Å². The first-order valence-corrected chi connectivity index (χ1v) is 5.66. The van der Waals surface area contributed by atoms with Crippen molar-refractivity contribution in [1.82, 2.24) is 4.90 Å². The van der Waals surface area contributed by atoms with Crippen LogP contribution in [0.3, 0.4) is 0 Å². The van der Waals surface area contributed by atoms with Crippen molar-refractivity contribution in [3.63, 3.8) is 0 Å². The highest BCUT2D eigenvalue weighted by molar-refractivity contribution is 4.97. The molecule has 13 heavy (non-hydrogen) atoms. The van der Waals surface area contributed by atoms with Gasteiger partial charge < -0.3 is 5.73 Å². The minimum absolute atomic E-state index is 0.383. The van der Waals surface area contributed by atoms with E-state index in [0.717, 1.165) is 6.54 Å². The van der Waals surface area contributed by atoms with Crippen molar-refractivity contribution in [3.8, 4) is 0 Å². The Kier molecular flexibility index (Phi) is 4.20. The first kappa shape index (κ1) is 11.0. The first-order chi connectivity index (χ1) is 6.25. The molecule has 1 rings (SSSR count). The maximum atomic E-state index is 5.83. The molecule has 2 N–H and O–H groups in total. The topological polar surface area (TPSA) is 29.3 Å². The highest BCUT2D eigenvalue weighted by atomic mass is 15.2. The zero-order valence-corrected chi connectivity index (χ0v) is 9.18. The van der Waals surface area contributed by atoms with Crippen molar-refractivity contribution in [2.24, 2.45) is 5.73 Å². The second kappa shape index (κ2) is 4.97. The number of hydrogen-bond acceptors (Lipinski definition) is 2. The summed E-state index contributed by atoms with van der Waals surface area (Å²) in [4.78, 5) is 2.49. The van der Waals surface area contributed by atoms with Gasteiger partial charge in [-0.05, 0) is 39.3 Å². The average Bonchev–Trinajstić information content (AvgIpc) is 2.04. The summed E-state index contributed by atoms with van der Waals surface area (Å²) in [6.45, 7) is 4.32. The van der Waals surface area contributed by atoms with Crippen molar-refractivity contribution < 1.29 is 0 Å². The van der Waals surface area contributed by atoms with E-state index >= 15 is 0 Å². The molecular formula is C11H24N2. The lowest BCUT2D eigenvalue weighted by Crippen LogP contribution is -2.57. The van der Waals surface area contributed by atoms with Crippen molar-refractivity contribution in [3.05, 3.63) is 0 Å². The predicted octanol–water partition coefficient (Wildman–Crippen LogP) is 1.99. The number of unbranched alkanes of at least 4 members (excludes halogenated alkanes) is 2.